The van der Waals surface area contributed by atoms with Crippen LogP contribution in [0.15, 0.2) is 47.6 Å². The molecule has 0 aromatic heterocycles. The Labute approximate surface area is 195 Å². The number of nitrogens with zero attached hydrogens (tertiary/aromatic N) is 3. The third kappa shape index (κ3) is 6.90. The Hall–Kier alpha value is -4.19. The molecule has 1 aliphatic rings. The van der Waals surface area contributed by atoms with Crippen molar-refractivity contribution in [3.05, 3.63) is 58.1 Å². The summed E-state index contributed by atoms with van der Waals surface area (Å²) in [6.45, 7) is 1.52. The van der Waals surface area contributed by atoms with Gasteiger partial charge in [0.25, 0.3) is 11.8 Å². The predicted molar refractivity (Wildman–Crippen MR) is 120 cm³/mol. The van der Waals surface area contributed by atoms with Crippen LogP contribution in [0.25, 0.3) is 0 Å². The van der Waals surface area contributed by atoms with Gasteiger partial charge in [0.15, 0.2) is 30.5 Å². The first-order chi connectivity index (χ1) is 16.5. The van der Waals surface area contributed by atoms with Crippen molar-refractivity contribution in [1.82, 2.24) is 10.3 Å². The Kier molecular flexibility index (Phi) is 8.74. The fourth-order valence-electron chi connectivity index (χ4n) is 3.01. The number of para-hydroxylation sites is 2. The summed E-state index contributed by atoms with van der Waals surface area (Å²) in [4.78, 5) is 36.2. The second-order valence-corrected chi connectivity index (χ2v) is 7.00. The van der Waals surface area contributed by atoms with Crippen LogP contribution in [0, 0.1) is 10.1 Å². The van der Waals surface area contributed by atoms with Crippen LogP contribution in [0.5, 0.6) is 17.2 Å². The summed E-state index contributed by atoms with van der Waals surface area (Å²) in [7, 11) is 1.47. The number of carbonyl (C=O) groups excluding carboxylic acids is 2. The molecular formula is C22H24N4O8. The number of hydrogen-bond donors (Lipinski definition) is 1. The summed E-state index contributed by atoms with van der Waals surface area (Å²) in [6.07, 6.45) is 1.38. The molecule has 2 aromatic carbocycles. The second-order valence-electron chi connectivity index (χ2n) is 7.00. The van der Waals surface area contributed by atoms with Crippen molar-refractivity contribution in [3.63, 3.8) is 0 Å². The van der Waals surface area contributed by atoms with Crippen LogP contribution in [-0.4, -0.2) is 74.5 Å². The number of morpholine rings is 1. The highest BCUT2D eigenvalue weighted by atomic mass is 16.6. The number of methoxy groups -OCH3 is 1. The van der Waals surface area contributed by atoms with Gasteiger partial charge in [0.1, 0.15) is 0 Å². The van der Waals surface area contributed by atoms with Crippen molar-refractivity contribution in [1.29, 1.82) is 0 Å². The van der Waals surface area contributed by atoms with E-state index < -0.39 is 17.4 Å². The maximum absolute atomic E-state index is 12.2. The molecule has 180 valence electrons. The SMILES string of the molecule is COc1cc(/C=N/NC(=O)COc2ccccc2[N+](=O)[O-])ccc1OCC(=O)N1CCOCC1. The molecule has 34 heavy (non-hydrogen) atoms. The van der Waals surface area contributed by atoms with Gasteiger partial charge in [-0.05, 0) is 29.8 Å². The van der Waals surface area contributed by atoms with E-state index in [-0.39, 0.29) is 24.0 Å². The minimum atomic E-state index is -0.594. The predicted octanol–water partition coefficient (Wildman–Crippen LogP) is 1.37. The number of nitro groups is 1. The highest BCUT2D eigenvalue weighted by molar-refractivity contribution is 5.84. The molecule has 0 bridgehead atoms. The molecule has 1 heterocycles. The van der Waals surface area contributed by atoms with Crippen LogP contribution in [0.2, 0.25) is 0 Å². The summed E-state index contributed by atoms with van der Waals surface area (Å²) < 4.78 is 21.4. The summed E-state index contributed by atoms with van der Waals surface area (Å²) >= 11 is 0. The number of rotatable bonds is 10. The van der Waals surface area contributed by atoms with Crippen molar-refractivity contribution < 1.29 is 33.5 Å². The Morgan fingerprint density at radius 2 is 1.85 bits per heavy atom. The summed E-state index contributed by atoms with van der Waals surface area (Å²) in [5, 5.41) is 14.8. The van der Waals surface area contributed by atoms with E-state index in [1.807, 2.05) is 0 Å². The summed E-state index contributed by atoms with van der Waals surface area (Å²) in [6, 6.07) is 10.7. The van der Waals surface area contributed by atoms with Crippen LogP contribution in [0.1, 0.15) is 5.56 Å². The second kappa shape index (κ2) is 12.2. The molecule has 0 atom stereocenters. The molecule has 0 aliphatic carbocycles. The average molecular weight is 472 g/mol. The molecule has 3 rings (SSSR count). The molecule has 2 aromatic rings. The largest absolute Gasteiger partial charge is 0.493 e. The Bertz CT molecular complexity index is 1050. The molecule has 0 spiro atoms. The van der Waals surface area contributed by atoms with Crippen LogP contribution in [-0.2, 0) is 14.3 Å². The van der Waals surface area contributed by atoms with E-state index in [9.17, 15) is 19.7 Å². The maximum Gasteiger partial charge on any atom is 0.310 e. The van der Waals surface area contributed by atoms with Gasteiger partial charge >= 0.3 is 5.69 Å². The molecule has 1 N–H and O–H groups in total. The van der Waals surface area contributed by atoms with Crippen LogP contribution >= 0.6 is 0 Å². The summed E-state index contributed by atoms with van der Waals surface area (Å²) in [5.74, 6) is 0.0386. The fourth-order valence-corrected chi connectivity index (χ4v) is 3.01. The Morgan fingerprint density at radius 1 is 1.12 bits per heavy atom. The van der Waals surface area contributed by atoms with Gasteiger partial charge in [0.2, 0.25) is 0 Å². The number of nitro benzene ring substituents is 1. The van der Waals surface area contributed by atoms with E-state index in [0.717, 1.165) is 0 Å². The van der Waals surface area contributed by atoms with Gasteiger partial charge in [-0.2, -0.15) is 5.10 Å². The highest BCUT2D eigenvalue weighted by Crippen LogP contribution is 2.28. The first-order valence-electron chi connectivity index (χ1n) is 10.3. The minimum absolute atomic E-state index is 0.0148. The van der Waals surface area contributed by atoms with Gasteiger partial charge in [-0.3, -0.25) is 19.7 Å². The van der Waals surface area contributed by atoms with Crippen LogP contribution < -0.4 is 19.6 Å². The van der Waals surface area contributed by atoms with Crippen molar-refractivity contribution in [3.8, 4) is 17.2 Å². The van der Waals surface area contributed by atoms with Crippen molar-refractivity contribution in [2.24, 2.45) is 5.10 Å². The third-order valence-corrected chi connectivity index (χ3v) is 4.73. The number of hydrazone groups is 1. The highest BCUT2D eigenvalue weighted by Gasteiger charge is 2.18. The smallest absolute Gasteiger partial charge is 0.310 e. The zero-order chi connectivity index (χ0) is 24.3. The Morgan fingerprint density at radius 3 is 2.59 bits per heavy atom. The molecule has 1 aliphatic heterocycles. The topological polar surface area (TPSA) is 142 Å². The third-order valence-electron chi connectivity index (χ3n) is 4.73. The average Bonchev–Trinajstić information content (AvgIpc) is 2.87. The van der Waals surface area contributed by atoms with Crippen LogP contribution in [0.3, 0.4) is 0 Å². The van der Waals surface area contributed by atoms with E-state index in [1.54, 1.807) is 29.2 Å². The first kappa shape index (κ1) is 24.5. The van der Waals surface area contributed by atoms with Gasteiger partial charge in [0, 0.05) is 19.2 Å². The van der Waals surface area contributed by atoms with E-state index in [0.29, 0.717) is 43.4 Å². The molecule has 0 saturated carbocycles. The lowest BCUT2D eigenvalue weighted by Gasteiger charge is -2.26. The summed E-state index contributed by atoms with van der Waals surface area (Å²) in [5.41, 5.74) is 2.65. The molecule has 0 unspecified atom stereocenters. The molecule has 1 saturated heterocycles. The van der Waals surface area contributed by atoms with E-state index in [1.165, 1.54) is 31.5 Å². The molecule has 2 amide bonds. The minimum Gasteiger partial charge on any atom is -0.493 e. The molecule has 0 radical (unpaired) electrons. The van der Waals surface area contributed by atoms with Gasteiger partial charge in [-0.25, -0.2) is 5.43 Å². The Balaban J connectivity index is 1.50. The fraction of sp³-hybridized carbons (Fsp3) is 0.318. The standard InChI is InChI=1S/C22H24N4O8/c1-31-20-12-16(6-7-19(20)34-15-22(28)25-8-10-32-11-9-25)13-23-24-21(27)14-33-18-5-3-2-4-17(18)26(29)30/h2-7,12-13H,8-11,14-15H2,1H3,(H,24,27)/b23-13+. The zero-order valence-electron chi connectivity index (χ0n) is 18.5. The first-order valence-corrected chi connectivity index (χ1v) is 10.3. The van der Waals surface area contributed by atoms with Crippen molar-refractivity contribution in [2.45, 2.75) is 0 Å². The quantitative estimate of drug-likeness (QED) is 0.310. The number of nitrogens with one attached hydrogen (secondary N) is 1. The number of carbonyl (C=O) groups is 2. The van der Waals surface area contributed by atoms with Crippen molar-refractivity contribution in [2.75, 3.05) is 46.6 Å². The lowest BCUT2D eigenvalue weighted by Crippen LogP contribution is -2.43. The van der Waals surface area contributed by atoms with Crippen LogP contribution in [0.4, 0.5) is 5.69 Å². The molecule has 1 fully saturated rings. The van der Waals surface area contributed by atoms with Gasteiger partial charge in [-0.1, -0.05) is 12.1 Å². The van der Waals surface area contributed by atoms with Gasteiger partial charge in [0.05, 0.1) is 31.5 Å². The maximum atomic E-state index is 12.2. The zero-order valence-corrected chi connectivity index (χ0v) is 18.5. The lowest BCUT2D eigenvalue weighted by molar-refractivity contribution is -0.385. The van der Waals surface area contributed by atoms with Gasteiger partial charge in [-0.15, -0.1) is 0 Å². The molecule has 12 heteroatoms. The monoisotopic (exact) mass is 472 g/mol. The normalized spacial score (nSPS) is 13.4. The van der Waals surface area contributed by atoms with E-state index >= 15 is 0 Å². The van der Waals surface area contributed by atoms with Crippen molar-refractivity contribution >= 4 is 23.7 Å². The van der Waals surface area contributed by atoms with Gasteiger partial charge < -0.3 is 23.8 Å². The molecular weight excluding hydrogens is 448 g/mol. The van der Waals surface area contributed by atoms with E-state index in [4.69, 9.17) is 18.9 Å². The lowest BCUT2D eigenvalue weighted by atomic mass is 10.2. The number of ether oxygens (including phenoxy) is 4. The number of amides is 2. The number of benzene rings is 2. The number of hydrogen-bond acceptors (Lipinski definition) is 9. The van der Waals surface area contributed by atoms with E-state index in [2.05, 4.69) is 10.5 Å². The molecule has 12 nitrogen and oxygen atoms in total.